The largest absolute Gasteiger partial charge is 0.345 e. The number of aromatic nitrogens is 2. The van der Waals surface area contributed by atoms with Crippen LogP contribution in [0.25, 0.3) is 0 Å². The van der Waals surface area contributed by atoms with Gasteiger partial charge < -0.3 is 9.42 Å². The van der Waals surface area contributed by atoms with Crippen LogP contribution in [0.15, 0.2) is 4.52 Å². The van der Waals surface area contributed by atoms with Gasteiger partial charge in [-0.05, 0) is 19.8 Å². The van der Waals surface area contributed by atoms with Gasteiger partial charge in [-0.15, -0.1) is 0 Å². The van der Waals surface area contributed by atoms with Gasteiger partial charge in [-0.25, -0.2) is 4.39 Å². The fourth-order valence-corrected chi connectivity index (χ4v) is 1.93. The maximum atomic E-state index is 13.5. The van der Waals surface area contributed by atoms with Gasteiger partial charge in [0, 0.05) is 26.4 Å². The number of hydrogen-bond donors (Lipinski definition) is 0. The van der Waals surface area contributed by atoms with Crippen molar-refractivity contribution in [3.63, 3.8) is 0 Å². The SMILES string of the molecule is CN1CC(Cc2noc(C(C)(C)F)n2)CC1=O. The zero-order valence-electron chi connectivity index (χ0n) is 10.2. The van der Waals surface area contributed by atoms with Crippen LogP contribution in [0.5, 0.6) is 0 Å². The van der Waals surface area contributed by atoms with E-state index < -0.39 is 5.67 Å². The zero-order chi connectivity index (χ0) is 12.6. The molecule has 94 valence electrons. The number of nitrogens with zero attached hydrogens (tertiary/aromatic N) is 3. The summed E-state index contributed by atoms with van der Waals surface area (Å²) in [5.41, 5.74) is -1.62. The number of alkyl halides is 1. The van der Waals surface area contributed by atoms with Crippen LogP contribution in [0.4, 0.5) is 4.39 Å². The smallest absolute Gasteiger partial charge is 0.263 e. The summed E-state index contributed by atoms with van der Waals surface area (Å²) in [6.45, 7) is 3.44. The number of carbonyl (C=O) groups excluding carboxylic acids is 1. The van der Waals surface area contributed by atoms with Crippen LogP contribution in [0.3, 0.4) is 0 Å². The minimum absolute atomic E-state index is 0.00909. The summed E-state index contributed by atoms with van der Waals surface area (Å²) in [7, 11) is 1.77. The van der Waals surface area contributed by atoms with E-state index in [1.807, 2.05) is 0 Å². The Kier molecular flexibility index (Phi) is 2.89. The van der Waals surface area contributed by atoms with Gasteiger partial charge in [0.1, 0.15) is 0 Å². The van der Waals surface area contributed by atoms with Gasteiger partial charge in [-0.2, -0.15) is 4.98 Å². The first-order valence-corrected chi connectivity index (χ1v) is 5.62. The third-order valence-corrected chi connectivity index (χ3v) is 2.87. The Morgan fingerprint density at radius 1 is 1.59 bits per heavy atom. The Bertz CT molecular complexity index is 425. The first-order valence-electron chi connectivity index (χ1n) is 5.62. The van der Waals surface area contributed by atoms with E-state index in [2.05, 4.69) is 10.1 Å². The highest BCUT2D eigenvalue weighted by Crippen LogP contribution is 2.24. The molecule has 1 aliphatic rings. The molecule has 1 aliphatic heterocycles. The highest BCUT2D eigenvalue weighted by atomic mass is 19.1. The molecule has 0 aromatic carbocycles. The van der Waals surface area contributed by atoms with Crippen LogP contribution < -0.4 is 0 Å². The van der Waals surface area contributed by atoms with Gasteiger partial charge >= 0.3 is 0 Å². The molecule has 1 unspecified atom stereocenters. The van der Waals surface area contributed by atoms with E-state index in [1.165, 1.54) is 13.8 Å². The van der Waals surface area contributed by atoms with E-state index in [0.29, 0.717) is 25.2 Å². The Morgan fingerprint density at radius 2 is 2.29 bits per heavy atom. The topological polar surface area (TPSA) is 59.2 Å². The van der Waals surface area contributed by atoms with Crippen molar-refractivity contribution in [2.24, 2.45) is 5.92 Å². The first-order chi connectivity index (χ1) is 7.86. The Morgan fingerprint density at radius 3 is 2.76 bits per heavy atom. The number of amides is 1. The molecule has 1 aromatic rings. The third kappa shape index (κ3) is 2.62. The van der Waals surface area contributed by atoms with Crippen molar-refractivity contribution in [1.29, 1.82) is 0 Å². The second-order valence-electron chi connectivity index (χ2n) is 5.04. The molecule has 1 aromatic heterocycles. The standard InChI is InChI=1S/C11H16FN3O2/c1-11(2,12)10-13-8(14-17-10)4-7-5-9(16)15(3)6-7/h7H,4-6H2,1-3H3. The van der Waals surface area contributed by atoms with Gasteiger partial charge in [-0.3, -0.25) is 4.79 Å². The van der Waals surface area contributed by atoms with Gasteiger partial charge in [0.2, 0.25) is 5.91 Å². The van der Waals surface area contributed by atoms with Crippen molar-refractivity contribution < 1.29 is 13.7 Å². The molecule has 5 nitrogen and oxygen atoms in total. The predicted octanol–water partition coefficient (Wildman–Crippen LogP) is 1.29. The minimum Gasteiger partial charge on any atom is -0.345 e. The summed E-state index contributed by atoms with van der Waals surface area (Å²) in [6, 6.07) is 0. The van der Waals surface area contributed by atoms with E-state index in [1.54, 1.807) is 11.9 Å². The van der Waals surface area contributed by atoms with E-state index in [9.17, 15) is 9.18 Å². The van der Waals surface area contributed by atoms with Crippen molar-refractivity contribution in [2.45, 2.75) is 32.4 Å². The lowest BCUT2D eigenvalue weighted by atomic mass is 10.0. The van der Waals surface area contributed by atoms with Crippen LogP contribution in [0.1, 0.15) is 32.0 Å². The molecule has 1 amide bonds. The molecule has 1 fully saturated rings. The fourth-order valence-electron chi connectivity index (χ4n) is 1.93. The molecule has 0 bridgehead atoms. The molecular weight excluding hydrogens is 225 g/mol. The number of carbonyl (C=O) groups is 1. The van der Waals surface area contributed by atoms with Crippen LogP contribution in [-0.4, -0.2) is 34.5 Å². The molecule has 2 rings (SSSR count). The molecule has 1 atom stereocenters. The van der Waals surface area contributed by atoms with Crippen LogP contribution in [0.2, 0.25) is 0 Å². The molecular formula is C11H16FN3O2. The van der Waals surface area contributed by atoms with Gasteiger partial charge in [0.15, 0.2) is 11.5 Å². The maximum absolute atomic E-state index is 13.5. The van der Waals surface area contributed by atoms with Crippen molar-refractivity contribution in [1.82, 2.24) is 15.0 Å². The van der Waals surface area contributed by atoms with Gasteiger partial charge in [-0.1, -0.05) is 5.16 Å². The molecule has 17 heavy (non-hydrogen) atoms. The Balaban J connectivity index is 2.01. The number of likely N-dealkylation sites (tertiary alicyclic amines) is 1. The second-order valence-corrected chi connectivity index (χ2v) is 5.04. The summed E-state index contributed by atoms with van der Waals surface area (Å²) < 4.78 is 18.4. The lowest BCUT2D eigenvalue weighted by Gasteiger charge is -2.07. The number of rotatable bonds is 3. The predicted molar refractivity (Wildman–Crippen MR) is 57.9 cm³/mol. The van der Waals surface area contributed by atoms with E-state index in [4.69, 9.17) is 4.52 Å². The van der Waals surface area contributed by atoms with E-state index in [-0.39, 0.29) is 17.7 Å². The number of halogens is 1. The summed E-state index contributed by atoms with van der Waals surface area (Å²) in [6.07, 6.45) is 1.05. The molecule has 0 saturated carbocycles. The Hall–Kier alpha value is -1.46. The molecule has 2 heterocycles. The summed E-state index contributed by atoms with van der Waals surface area (Å²) in [4.78, 5) is 17.0. The second kappa shape index (κ2) is 4.09. The van der Waals surface area contributed by atoms with Crippen LogP contribution in [-0.2, 0) is 16.9 Å². The first kappa shape index (κ1) is 12.0. The molecule has 1 saturated heterocycles. The van der Waals surface area contributed by atoms with E-state index in [0.717, 1.165) is 0 Å². The van der Waals surface area contributed by atoms with E-state index >= 15 is 0 Å². The summed E-state index contributed by atoms with van der Waals surface area (Å²) >= 11 is 0. The third-order valence-electron chi connectivity index (χ3n) is 2.87. The lowest BCUT2D eigenvalue weighted by Crippen LogP contribution is -2.19. The number of hydrogen-bond acceptors (Lipinski definition) is 4. The summed E-state index contributed by atoms with van der Waals surface area (Å²) in [5.74, 6) is 0.786. The molecule has 0 aliphatic carbocycles. The fraction of sp³-hybridized carbons (Fsp3) is 0.727. The molecule has 0 N–H and O–H groups in total. The van der Waals surface area contributed by atoms with Crippen LogP contribution >= 0.6 is 0 Å². The monoisotopic (exact) mass is 241 g/mol. The lowest BCUT2D eigenvalue weighted by molar-refractivity contribution is -0.126. The normalized spacial score (nSPS) is 21.3. The molecule has 0 spiro atoms. The van der Waals surface area contributed by atoms with Crippen molar-refractivity contribution in [3.8, 4) is 0 Å². The quantitative estimate of drug-likeness (QED) is 0.800. The van der Waals surface area contributed by atoms with Crippen molar-refractivity contribution >= 4 is 5.91 Å². The van der Waals surface area contributed by atoms with Gasteiger partial charge in [0.25, 0.3) is 5.89 Å². The highest BCUT2D eigenvalue weighted by molar-refractivity contribution is 5.78. The molecule has 0 radical (unpaired) electrons. The summed E-state index contributed by atoms with van der Waals surface area (Å²) in [5, 5.41) is 3.74. The molecule has 6 heteroatoms. The van der Waals surface area contributed by atoms with Crippen molar-refractivity contribution in [2.75, 3.05) is 13.6 Å². The highest BCUT2D eigenvalue weighted by Gasteiger charge is 2.30. The van der Waals surface area contributed by atoms with Crippen molar-refractivity contribution in [3.05, 3.63) is 11.7 Å². The van der Waals surface area contributed by atoms with Crippen LogP contribution in [0, 0.1) is 5.92 Å². The minimum atomic E-state index is -1.62. The average molecular weight is 241 g/mol. The zero-order valence-corrected chi connectivity index (χ0v) is 10.2. The Labute approximate surface area is 99.0 Å². The maximum Gasteiger partial charge on any atom is 0.263 e. The van der Waals surface area contributed by atoms with Gasteiger partial charge in [0.05, 0.1) is 0 Å². The average Bonchev–Trinajstić information content (AvgIpc) is 2.75.